The molecule has 0 bridgehead atoms. The van der Waals surface area contributed by atoms with Crippen LogP contribution in [0.5, 0.6) is 0 Å². The third kappa shape index (κ3) is 2.01. The Morgan fingerprint density at radius 2 is 2.12 bits per heavy atom. The molecule has 0 saturated carbocycles. The molecule has 2 aromatic rings. The van der Waals surface area contributed by atoms with Gasteiger partial charge < -0.3 is 5.32 Å². The number of nitrogens with one attached hydrogen (secondary N) is 1. The Bertz CT molecular complexity index is 514. The van der Waals surface area contributed by atoms with Crippen LogP contribution in [0.3, 0.4) is 0 Å². The van der Waals surface area contributed by atoms with Gasteiger partial charge in [-0.15, -0.1) is 0 Å². The van der Waals surface area contributed by atoms with Crippen molar-refractivity contribution in [1.29, 1.82) is 0 Å². The van der Waals surface area contributed by atoms with Crippen molar-refractivity contribution in [2.24, 2.45) is 0 Å². The molecule has 17 heavy (non-hydrogen) atoms. The molecule has 1 aliphatic rings. The van der Waals surface area contributed by atoms with Gasteiger partial charge in [-0.1, -0.05) is 0 Å². The van der Waals surface area contributed by atoms with Crippen LogP contribution >= 0.6 is 0 Å². The summed E-state index contributed by atoms with van der Waals surface area (Å²) in [5.74, 6) is 0.673. The lowest BCUT2D eigenvalue weighted by molar-refractivity contribution is 0.232. The summed E-state index contributed by atoms with van der Waals surface area (Å²) in [4.78, 5) is 10.8. The summed E-state index contributed by atoms with van der Waals surface area (Å²) < 4.78 is 1.80. The molecule has 3 rings (SSSR count). The molecule has 0 spiro atoms. The fraction of sp³-hybridized carbons (Fsp3) is 0.545. The molecule has 3 heterocycles. The van der Waals surface area contributed by atoms with E-state index in [1.165, 1.54) is 5.56 Å². The second-order valence-corrected chi connectivity index (χ2v) is 4.37. The minimum absolute atomic E-state index is 0.673. The number of aromatic nitrogens is 4. The first-order valence-electron chi connectivity index (χ1n) is 5.92. The fourth-order valence-electron chi connectivity index (χ4n) is 2.19. The Balaban J connectivity index is 1.86. The number of rotatable bonds is 2. The second-order valence-electron chi connectivity index (χ2n) is 4.37. The van der Waals surface area contributed by atoms with Crippen LogP contribution in [0.25, 0.3) is 5.78 Å². The normalized spacial score (nSPS) is 17.7. The molecule has 0 aromatic carbocycles. The maximum atomic E-state index is 4.31. The van der Waals surface area contributed by atoms with Crippen LogP contribution in [0.2, 0.25) is 0 Å². The van der Waals surface area contributed by atoms with Gasteiger partial charge in [0, 0.05) is 50.2 Å². The smallest absolute Gasteiger partial charge is 0.252 e. The summed E-state index contributed by atoms with van der Waals surface area (Å²) in [5, 5.41) is 7.54. The molecular weight excluding hydrogens is 216 g/mol. The zero-order valence-electron chi connectivity index (χ0n) is 9.93. The third-order valence-corrected chi connectivity index (χ3v) is 3.25. The van der Waals surface area contributed by atoms with Crippen LogP contribution in [-0.2, 0) is 6.54 Å². The molecule has 0 unspecified atom stereocenters. The summed E-state index contributed by atoms with van der Waals surface area (Å²) in [6, 6.07) is 0. The van der Waals surface area contributed by atoms with Crippen LogP contribution in [0, 0.1) is 6.92 Å². The van der Waals surface area contributed by atoms with Crippen LogP contribution in [0.15, 0.2) is 12.5 Å². The van der Waals surface area contributed by atoms with E-state index in [2.05, 4.69) is 32.2 Å². The largest absolute Gasteiger partial charge is 0.314 e. The summed E-state index contributed by atoms with van der Waals surface area (Å²) in [6.07, 6.45) is 3.46. The predicted molar refractivity (Wildman–Crippen MR) is 63.7 cm³/mol. The molecule has 0 atom stereocenters. The number of nitrogens with zero attached hydrogens (tertiary/aromatic N) is 5. The van der Waals surface area contributed by atoms with Gasteiger partial charge in [0.05, 0.1) is 0 Å². The molecule has 1 aliphatic heterocycles. The van der Waals surface area contributed by atoms with Crippen molar-refractivity contribution < 1.29 is 0 Å². The van der Waals surface area contributed by atoms with Gasteiger partial charge in [-0.05, 0) is 6.92 Å². The van der Waals surface area contributed by atoms with Crippen molar-refractivity contribution >= 4 is 5.78 Å². The average Bonchev–Trinajstić information content (AvgIpc) is 2.83. The minimum Gasteiger partial charge on any atom is -0.314 e. The van der Waals surface area contributed by atoms with Gasteiger partial charge in [-0.3, -0.25) is 4.90 Å². The van der Waals surface area contributed by atoms with E-state index in [0.717, 1.165) is 38.4 Å². The lowest BCUT2D eigenvalue weighted by Gasteiger charge is -2.27. The molecule has 6 nitrogen and oxygen atoms in total. The minimum atomic E-state index is 0.673. The maximum Gasteiger partial charge on any atom is 0.252 e. The fourth-order valence-corrected chi connectivity index (χ4v) is 2.19. The molecule has 1 N–H and O–H groups in total. The van der Waals surface area contributed by atoms with Crippen molar-refractivity contribution in [2.75, 3.05) is 26.2 Å². The molecule has 6 heteroatoms. The molecule has 0 radical (unpaired) electrons. The summed E-state index contributed by atoms with van der Waals surface area (Å²) in [7, 11) is 0. The van der Waals surface area contributed by atoms with Crippen molar-refractivity contribution in [3.63, 3.8) is 0 Å². The zero-order chi connectivity index (χ0) is 11.7. The highest BCUT2D eigenvalue weighted by atomic mass is 15.3. The average molecular weight is 232 g/mol. The van der Waals surface area contributed by atoms with E-state index in [9.17, 15) is 0 Å². The number of hydrogen-bond acceptors (Lipinski definition) is 5. The van der Waals surface area contributed by atoms with E-state index in [1.807, 2.05) is 6.20 Å². The number of aryl methyl sites for hydroxylation is 1. The van der Waals surface area contributed by atoms with Gasteiger partial charge in [0.2, 0.25) is 0 Å². The maximum absolute atomic E-state index is 4.31. The van der Waals surface area contributed by atoms with Crippen molar-refractivity contribution in [2.45, 2.75) is 13.5 Å². The van der Waals surface area contributed by atoms with Gasteiger partial charge in [0.25, 0.3) is 5.78 Å². The SMILES string of the molecule is Cc1c(CN2CCNCC2)cnc2ncnn12. The molecule has 0 aliphatic carbocycles. The topological polar surface area (TPSA) is 58.3 Å². The van der Waals surface area contributed by atoms with Gasteiger partial charge in [0.15, 0.2) is 0 Å². The van der Waals surface area contributed by atoms with Crippen LogP contribution in [-0.4, -0.2) is 50.7 Å². The van der Waals surface area contributed by atoms with Crippen LogP contribution in [0.1, 0.15) is 11.3 Å². The second kappa shape index (κ2) is 4.38. The van der Waals surface area contributed by atoms with Gasteiger partial charge in [-0.25, -0.2) is 9.50 Å². The summed E-state index contributed by atoms with van der Waals surface area (Å²) >= 11 is 0. The van der Waals surface area contributed by atoms with Crippen LogP contribution in [0.4, 0.5) is 0 Å². The highest BCUT2D eigenvalue weighted by Crippen LogP contribution is 2.10. The first kappa shape index (κ1) is 10.6. The standard InChI is InChI=1S/C11H16N6/c1-9-10(7-16-4-2-12-3-5-16)6-13-11-14-8-15-17(9)11/h6,8,12H,2-5,7H2,1H3. The molecule has 0 amide bonds. The highest BCUT2D eigenvalue weighted by molar-refractivity contribution is 5.30. The monoisotopic (exact) mass is 232 g/mol. The van der Waals surface area contributed by atoms with E-state index in [-0.39, 0.29) is 0 Å². The van der Waals surface area contributed by atoms with E-state index >= 15 is 0 Å². The Morgan fingerprint density at radius 3 is 2.94 bits per heavy atom. The van der Waals surface area contributed by atoms with Crippen LogP contribution < -0.4 is 5.32 Å². The summed E-state index contributed by atoms with van der Waals surface area (Å²) in [5.41, 5.74) is 2.36. The Labute approximate surface area is 99.7 Å². The van der Waals surface area contributed by atoms with E-state index < -0.39 is 0 Å². The number of hydrogen-bond donors (Lipinski definition) is 1. The van der Waals surface area contributed by atoms with Gasteiger partial charge in [0.1, 0.15) is 6.33 Å². The Kier molecular flexibility index (Phi) is 2.74. The lowest BCUT2D eigenvalue weighted by Crippen LogP contribution is -2.43. The van der Waals surface area contributed by atoms with Crippen molar-refractivity contribution in [3.05, 3.63) is 23.8 Å². The predicted octanol–water partition coefficient (Wildman–Crippen LogP) is -0.162. The first-order valence-corrected chi connectivity index (χ1v) is 5.92. The van der Waals surface area contributed by atoms with E-state index in [4.69, 9.17) is 0 Å². The highest BCUT2D eigenvalue weighted by Gasteiger charge is 2.13. The quantitative estimate of drug-likeness (QED) is 0.779. The third-order valence-electron chi connectivity index (χ3n) is 3.25. The first-order chi connectivity index (χ1) is 8.34. The summed E-state index contributed by atoms with van der Waals surface area (Å²) in [6.45, 7) is 7.33. The number of piperazine rings is 1. The van der Waals surface area contributed by atoms with E-state index in [0.29, 0.717) is 5.78 Å². The zero-order valence-corrected chi connectivity index (χ0v) is 9.93. The molecule has 1 fully saturated rings. The van der Waals surface area contributed by atoms with Crippen molar-refractivity contribution in [1.82, 2.24) is 29.8 Å². The molecular formula is C11H16N6. The lowest BCUT2D eigenvalue weighted by atomic mass is 10.2. The van der Waals surface area contributed by atoms with Crippen molar-refractivity contribution in [3.8, 4) is 0 Å². The van der Waals surface area contributed by atoms with Gasteiger partial charge in [-0.2, -0.15) is 10.1 Å². The molecule has 90 valence electrons. The van der Waals surface area contributed by atoms with Gasteiger partial charge >= 0.3 is 0 Å². The Morgan fingerprint density at radius 1 is 1.29 bits per heavy atom. The molecule has 1 saturated heterocycles. The molecule has 2 aromatic heterocycles. The Hall–Kier alpha value is -1.53. The van der Waals surface area contributed by atoms with E-state index in [1.54, 1.807) is 10.8 Å². The number of fused-ring (bicyclic) bond motifs is 1.